The van der Waals surface area contributed by atoms with Crippen LogP contribution < -0.4 is 0 Å². The maximum absolute atomic E-state index is 13.0. The molecule has 6 nitrogen and oxygen atoms in total. The van der Waals surface area contributed by atoms with Gasteiger partial charge in [0.25, 0.3) is 5.91 Å². The first-order valence-corrected chi connectivity index (χ1v) is 8.03. The van der Waals surface area contributed by atoms with Crippen molar-refractivity contribution in [3.05, 3.63) is 76.8 Å². The van der Waals surface area contributed by atoms with Crippen LogP contribution in [0.2, 0.25) is 0 Å². The second-order valence-electron chi connectivity index (χ2n) is 5.82. The van der Waals surface area contributed by atoms with Crippen molar-refractivity contribution in [2.75, 3.05) is 7.11 Å². The third-order valence-electron chi connectivity index (χ3n) is 4.20. The lowest BCUT2D eigenvalue weighted by atomic mass is 10.0. The molecule has 0 atom stereocenters. The van der Waals surface area contributed by atoms with Gasteiger partial charge in [0.05, 0.1) is 24.8 Å². The van der Waals surface area contributed by atoms with E-state index in [9.17, 15) is 14.7 Å². The molecule has 132 valence electrons. The Kier molecular flexibility index (Phi) is 4.84. The van der Waals surface area contributed by atoms with E-state index in [1.165, 1.54) is 24.2 Å². The number of rotatable bonds is 4. The number of amides is 1. The Morgan fingerprint density at radius 2 is 2.04 bits per heavy atom. The van der Waals surface area contributed by atoms with Gasteiger partial charge in [0.15, 0.2) is 0 Å². The molecule has 1 amide bonds. The Bertz CT molecular complexity index is 916. The van der Waals surface area contributed by atoms with Gasteiger partial charge in [-0.2, -0.15) is 0 Å². The van der Waals surface area contributed by atoms with Crippen molar-refractivity contribution in [1.82, 2.24) is 9.88 Å². The summed E-state index contributed by atoms with van der Waals surface area (Å²) in [5.41, 5.74) is 2.19. The lowest BCUT2D eigenvalue weighted by Gasteiger charge is -2.17. The SMILES string of the molecule is COC(=O)C1=C(C)N(Cc2cccnc2)C(=O)/C1=C\c1ccccc1O. The van der Waals surface area contributed by atoms with Crippen molar-refractivity contribution in [2.24, 2.45) is 0 Å². The van der Waals surface area contributed by atoms with Crippen LogP contribution in [0.5, 0.6) is 5.75 Å². The van der Waals surface area contributed by atoms with Gasteiger partial charge < -0.3 is 14.7 Å². The van der Waals surface area contributed by atoms with Crippen LogP contribution in [0.3, 0.4) is 0 Å². The molecule has 0 radical (unpaired) electrons. The number of phenols is 1. The first kappa shape index (κ1) is 17.4. The zero-order valence-electron chi connectivity index (χ0n) is 14.5. The van der Waals surface area contributed by atoms with Crippen LogP contribution in [-0.2, 0) is 20.9 Å². The predicted molar refractivity (Wildman–Crippen MR) is 95.6 cm³/mol. The van der Waals surface area contributed by atoms with Crippen molar-refractivity contribution < 1.29 is 19.4 Å². The van der Waals surface area contributed by atoms with Gasteiger partial charge in [-0.3, -0.25) is 9.78 Å². The second-order valence-corrected chi connectivity index (χ2v) is 5.82. The number of benzene rings is 1. The summed E-state index contributed by atoms with van der Waals surface area (Å²) in [6, 6.07) is 10.3. The van der Waals surface area contributed by atoms with Crippen molar-refractivity contribution in [3.8, 4) is 5.75 Å². The molecule has 1 aromatic carbocycles. The quantitative estimate of drug-likeness (QED) is 0.677. The summed E-state index contributed by atoms with van der Waals surface area (Å²) in [5.74, 6) is -0.887. The van der Waals surface area contributed by atoms with Gasteiger partial charge in [0, 0.05) is 23.7 Å². The Morgan fingerprint density at radius 1 is 1.27 bits per heavy atom. The fraction of sp³-hybridized carbons (Fsp3) is 0.150. The third kappa shape index (κ3) is 3.21. The minimum absolute atomic E-state index is 0.0281. The van der Waals surface area contributed by atoms with E-state index in [2.05, 4.69) is 4.98 Å². The number of hydrogen-bond donors (Lipinski definition) is 1. The topological polar surface area (TPSA) is 79.7 Å². The zero-order valence-corrected chi connectivity index (χ0v) is 14.5. The van der Waals surface area contributed by atoms with Crippen LogP contribution in [0.4, 0.5) is 0 Å². The lowest BCUT2D eigenvalue weighted by Crippen LogP contribution is -2.24. The summed E-state index contributed by atoms with van der Waals surface area (Å²) in [5, 5.41) is 10.00. The molecule has 26 heavy (non-hydrogen) atoms. The normalized spacial score (nSPS) is 15.7. The summed E-state index contributed by atoms with van der Waals surface area (Å²) in [4.78, 5) is 30.8. The standard InChI is InChI=1S/C20H18N2O4/c1-13-18(20(25)26-2)16(10-15-7-3-4-8-17(15)23)19(24)22(13)12-14-6-5-9-21-11-14/h3-11,23H,12H2,1-2H3/b16-10-. The monoisotopic (exact) mass is 350 g/mol. The molecule has 0 aliphatic carbocycles. The molecule has 2 aromatic rings. The number of aromatic nitrogens is 1. The Hall–Kier alpha value is -3.41. The molecule has 1 aromatic heterocycles. The van der Waals surface area contributed by atoms with Crippen LogP contribution in [0.1, 0.15) is 18.1 Å². The van der Waals surface area contributed by atoms with Crippen molar-refractivity contribution in [1.29, 1.82) is 0 Å². The molecule has 3 rings (SSSR count). The minimum atomic E-state index is -0.591. The molecule has 0 bridgehead atoms. The molecule has 0 spiro atoms. The molecule has 2 heterocycles. The molecule has 0 saturated heterocycles. The van der Waals surface area contributed by atoms with Crippen molar-refractivity contribution >= 4 is 18.0 Å². The highest BCUT2D eigenvalue weighted by atomic mass is 16.5. The van der Waals surface area contributed by atoms with E-state index >= 15 is 0 Å². The van der Waals surface area contributed by atoms with Gasteiger partial charge in [-0.25, -0.2) is 4.79 Å². The van der Waals surface area contributed by atoms with Crippen LogP contribution in [0.25, 0.3) is 6.08 Å². The van der Waals surface area contributed by atoms with E-state index in [0.29, 0.717) is 11.3 Å². The maximum atomic E-state index is 13.0. The van der Waals surface area contributed by atoms with Crippen LogP contribution in [-0.4, -0.2) is 34.0 Å². The van der Waals surface area contributed by atoms with E-state index in [1.807, 2.05) is 6.07 Å². The summed E-state index contributed by atoms with van der Waals surface area (Å²) >= 11 is 0. The largest absolute Gasteiger partial charge is 0.507 e. The van der Waals surface area contributed by atoms with Crippen molar-refractivity contribution in [2.45, 2.75) is 13.5 Å². The average Bonchev–Trinajstić information content (AvgIpc) is 2.88. The summed E-state index contributed by atoms with van der Waals surface area (Å²) in [7, 11) is 1.27. The number of para-hydroxylation sites is 1. The highest BCUT2D eigenvalue weighted by Crippen LogP contribution is 2.33. The van der Waals surface area contributed by atoms with E-state index in [1.54, 1.807) is 43.6 Å². The number of carbonyl (C=O) groups is 2. The fourth-order valence-electron chi connectivity index (χ4n) is 2.86. The van der Waals surface area contributed by atoms with Gasteiger partial charge >= 0.3 is 5.97 Å². The number of pyridine rings is 1. The number of methoxy groups -OCH3 is 1. The molecule has 0 fully saturated rings. The Balaban J connectivity index is 2.05. The molecule has 6 heteroatoms. The number of allylic oxidation sites excluding steroid dienone is 1. The fourth-order valence-corrected chi connectivity index (χ4v) is 2.86. The van der Waals surface area contributed by atoms with Gasteiger partial charge in [0.1, 0.15) is 5.75 Å². The third-order valence-corrected chi connectivity index (χ3v) is 4.20. The maximum Gasteiger partial charge on any atom is 0.340 e. The highest BCUT2D eigenvalue weighted by molar-refractivity contribution is 6.16. The van der Waals surface area contributed by atoms with E-state index < -0.39 is 5.97 Å². The van der Waals surface area contributed by atoms with Crippen LogP contribution >= 0.6 is 0 Å². The predicted octanol–water partition coefficient (Wildman–Crippen LogP) is 2.66. The van der Waals surface area contributed by atoms with Crippen LogP contribution in [0.15, 0.2) is 65.6 Å². The van der Waals surface area contributed by atoms with E-state index in [-0.39, 0.29) is 29.3 Å². The molecular weight excluding hydrogens is 332 g/mol. The number of ether oxygens (including phenoxy) is 1. The number of aromatic hydroxyl groups is 1. The number of phenolic OH excluding ortho intramolecular Hbond substituents is 1. The lowest BCUT2D eigenvalue weighted by molar-refractivity contribution is -0.136. The highest BCUT2D eigenvalue weighted by Gasteiger charge is 2.37. The van der Waals surface area contributed by atoms with Gasteiger partial charge in [0.2, 0.25) is 0 Å². The van der Waals surface area contributed by atoms with E-state index in [4.69, 9.17) is 4.74 Å². The first-order chi connectivity index (χ1) is 12.5. The molecule has 0 unspecified atom stereocenters. The minimum Gasteiger partial charge on any atom is -0.507 e. The Morgan fingerprint density at radius 3 is 2.69 bits per heavy atom. The molecule has 0 saturated carbocycles. The average molecular weight is 350 g/mol. The number of esters is 1. The summed E-state index contributed by atoms with van der Waals surface area (Å²) < 4.78 is 4.86. The molecule has 1 aliphatic heterocycles. The summed E-state index contributed by atoms with van der Waals surface area (Å²) in [6.45, 7) is 1.99. The summed E-state index contributed by atoms with van der Waals surface area (Å²) in [6.07, 6.45) is 4.83. The zero-order chi connectivity index (χ0) is 18.7. The van der Waals surface area contributed by atoms with Crippen molar-refractivity contribution in [3.63, 3.8) is 0 Å². The van der Waals surface area contributed by atoms with Gasteiger partial charge in [-0.1, -0.05) is 24.3 Å². The van der Waals surface area contributed by atoms with Gasteiger partial charge in [-0.05, 0) is 30.7 Å². The van der Waals surface area contributed by atoms with E-state index in [0.717, 1.165) is 5.56 Å². The number of carbonyl (C=O) groups excluding carboxylic acids is 2. The number of nitrogens with zero attached hydrogens (tertiary/aromatic N) is 2. The number of hydrogen-bond acceptors (Lipinski definition) is 5. The molecule has 1 aliphatic rings. The molecular formula is C20H18N2O4. The molecule has 1 N–H and O–H groups in total. The van der Waals surface area contributed by atoms with Crippen LogP contribution in [0, 0.1) is 0 Å². The first-order valence-electron chi connectivity index (χ1n) is 8.03. The van der Waals surface area contributed by atoms with Gasteiger partial charge in [-0.15, -0.1) is 0 Å². The Labute approximate surface area is 151 Å². The second kappa shape index (κ2) is 7.23. The smallest absolute Gasteiger partial charge is 0.340 e.